The van der Waals surface area contributed by atoms with E-state index in [2.05, 4.69) is 17.6 Å². The molecule has 1 rings (SSSR count). The van der Waals surface area contributed by atoms with Crippen molar-refractivity contribution in [2.24, 2.45) is 5.73 Å². The topological polar surface area (TPSA) is 50.1 Å². The van der Waals surface area contributed by atoms with Gasteiger partial charge in [0.2, 0.25) is 0 Å². The van der Waals surface area contributed by atoms with Gasteiger partial charge in [0.05, 0.1) is 6.17 Å². The lowest BCUT2D eigenvalue weighted by Crippen LogP contribution is -2.57. The van der Waals surface area contributed by atoms with Gasteiger partial charge in [-0.1, -0.05) is 0 Å². The van der Waals surface area contributed by atoms with Gasteiger partial charge in [-0.3, -0.25) is 5.32 Å². The average molecular weight is 114 g/mol. The van der Waals surface area contributed by atoms with Crippen molar-refractivity contribution < 1.29 is 0 Å². The zero-order valence-corrected chi connectivity index (χ0v) is 4.85. The fraction of sp³-hybridized carbons (Fsp3) is 0.800. The molecular formula is C5H12N3. The normalized spacial score (nSPS) is 39.8. The van der Waals surface area contributed by atoms with Crippen LogP contribution in [0.4, 0.5) is 0 Å². The van der Waals surface area contributed by atoms with Gasteiger partial charge < -0.3 is 11.1 Å². The van der Waals surface area contributed by atoms with E-state index in [-0.39, 0.29) is 6.17 Å². The second kappa shape index (κ2) is 2.44. The minimum absolute atomic E-state index is 0.119. The third-order valence-electron chi connectivity index (χ3n) is 1.25. The molecule has 0 bridgehead atoms. The van der Waals surface area contributed by atoms with Crippen molar-refractivity contribution in [1.29, 1.82) is 0 Å². The van der Waals surface area contributed by atoms with Crippen LogP contribution in [0.15, 0.2) is 0 Å². The van der Waals surface area contributed by atoms with Crippen LogP contribution in [-0.2, 0) is 0 Å². The molecule has 2 atom stereocenters. The van der Waals surface area contributed by atoms with Crippen molar-refractivity contribution in [3.05, 3.63) is 6.92 Å². The number of piperazine rings is 1. The van der Waals surface area contributed by atoms with E-state index in [1.165, 1.54) is 0 Å². The van der Waals surface area contributed by atoms with Gasteiger partial charge in [-0.15, -0.1) is 0 Å². The van der Waals surface area contributed by atoms with E-state index in [9.17, 15) is 0 Å². The molecule has 3 heteroatoms. The van der Waals surface area contributed by atoms with Gasteiger partial charge in [0.1, 0.15) is 0 Å². The Balaban J connectivity index is 2.19. The third-order valence-corrected chi connectivity index (χ3v) is 1.25. The van der Waals surface area contributed by atoms with E-state index in [0.29, 0.717) is 6.04 Å². The van der Waals surface area contributed by atoms with Crippen molar-refractivity contribution >= 4 is 0 Å². The van der Waals surface area contributed by atoms with Crippen molar-refractivity contribution in [2.45, 2.75) is 12.2 Å². The largest absolute Gasteiger partial charge is 0.315 e. The number of rotatable bonds is 0. The first-order chi connectivity index (χ1) is 3.79. The summed E-state index contributed by atoms with van der Waals surface area (Å²) in [6.07, 6.45) is 0.119. The fourth-order valence-corrected chi connectivity index (χ4v) is 0.732. The molecule has 2 unspecified atom stereocenters. The second-order valence-electron chi connectivity index (χ2n) is 2.12. The third kappa shape index (κ3) is 1.43. The highest BCUT2D eigenvalue weighted by Crippen LogP contribution is 1.84. The summed E-state index contributed by atoms with van der Waals surface area (Å²) in [5.74, 6) is 0. The molecule has 0 aliphatic carbocycles. The molecular weight excluding hydrogens is 102 g/mol. The first-order valence-corrected chi connectivity index (χ1v) is 2.84. The first-order valence-electron chi connectivity index (χ1n) is 2.84. The van der Waals surface area contributed by atoms with Crippen LogP contribution in [0.25, 0.3) is 0 Å². The quantitative estimate of drug-likeness (QED) is 0.365. The highest BCUT2D eigenvalue weighted by molar-refractivity contribution is 4.80. The first kappa shape index (κ1) is 6.01. The molecule has 4 N–H and O–H groups in total. The Morgan fingerprint density at radius 2 is 2.12 bits per heavy atom. The molecule has 0 aromatic carbocycles. The van der Waals surface area contributed by atoms with Crippen LogP contribution in [0.5, 0.6) is 0 Å². The summed E-state index contributed by atoms with van der Waals surface area (Å²) in [6.45, 7) is 5.51. The minimum atomic E-state index is 0.119. The van der Waals surface area contributed by atoms with Crippen molar-refractivity contribution in [2.75, 3.05) is 13.1 Å². The predicted octanol–water partition coefficient (Wildman–Crippen LogP) is -1.33. The summed E-state index contributed by atoms with van der Waals surface area (Å²) in [7, 11) is 0. The summed E-state index contributed by atoms with van der Waals surface area (Å²) in [4.78, 5) is 0. The molecule has 0 aromatic heterocycles. The van der Waals surface area contributed by atoms with Gasteiger partial charge in [0.15, 0.2) is 0 Å². The summed E-state index contributed by atoms with van der Waals surface area (Å²) >= 11 is 0. The number of nitrogens with two attached hydrogens (primary N) is 1. The van der Waals surface area contributed by atoms with E-state index >= 15 is 0 Å². The van der Waals surface area contributed by atoms with Crippen molar-refractivity contribution in [1.82, 2.24) is 10.6 Å². The van der Waals surface area contributed by atoms with E-state index < -0.39 is 0 Å². The molecule has 1 radical (unpaired) electrons. The van der Waals surface area contributed by atoms with Crippen LogP contribution in [0.3, 0.4) is 0 Å². The summed E-state index contributed by atoms with van der Waals surface area (Å²) < 4.78 is 0. The van der Waals surface area contributed by atoms with E-state index in [0.717, 1.165) is 13.1 Å². The Bertz CT molecular complexity index is 56.1. The Morgan fingerprint density at radius 3 is 2.50 bits per heavy atom. The molecule has 3 nitrogen and oxygen atoms in total. The standard InChI is InChI=1S/C5H12N3/c1-4-2-8-5(6)3-7-4/h4-5,7-8H,1-3,6H2. The van der Waals surface area contributed by atoms with Gasteiger partial charge in [0.25, 0.3) is 0 Å². The van der Waals surface area contributed by atoms with Gasteiger partial charge in [-0.2, -0.15) is 0 Å². The van der Waals surface area contributed by atoms with E-state index in [4.69, 9.17) is 5.73 Å². The number of nitrogens with one attached hydrogen (secondary N) is 2. The Labute approximate surface area is 49.6 Å². The molecule has 1 aliphatic rings. The predicted molar refractivity (Wildman–Crippen MR) is 33.1 cm³/mol. The molecule has 1 heterocycles. The Hall–Kier alpha value is -0.120. The smallest absolute Gasteiger partial charge is 0.0675 e. The summed E-state index contributed by atoms with van der Waals surface area (Å²) in [5, 5.41) is 6.22. The molecule has 8 heavy (non-hydrogen) atoms. The summed E-state index contributed by atoms with van der Waals surface area (Å²) in [5.41, 5.74) is 5.50. The van der Waals surface area contributed by atoms with Gasteiger partial charge in [-0.05, 0) is 6.92 Å². The van der Waals surface area contributed by atoms with Gasteiger partial charge in [-0.25, -0.2) is 0 Å². The molecule has 1 saturated heterocycles. The van der Waals surface area contributed by atoms with E-state index in [1.54, 1.807) is 0 Å². The number of hydrogen-bond acceptors (Lipinski definition) is 3. The minimum Gasteiger partial charge on any atom is -0.315 e. The van der Waals surface area contributed by atoms with Crippen LogP contribution in [0.1, 0.15) is 0 Å². The lowest BCUT2D eigenvalue weighted by Gasteiger charge is -2.25. The fourth-order valence-electron chi connectivity index (χ4n) is 0.732. The highest BCUT2D eigenvalue weighted by atomic mass is 15.1. The maximum Gasteiger partial charge on any atom is 0.0675 e. The molecule has 1 aliphatic heterocycles. The summed E-state index contributed by atoms with van der Waals surface area (Å²) in [6, 6.07) is 0.329. The van der Waals surface area contributed by atoms with Crippen LogP contribution in [0.2, 0.25) is 0 Å². The maximum absolute atomic E-state index is 5.50. The van der Waals surface area contributed by atoms with Crippen molar-refractivity contribution in [3.63, 3.8) is 0 Å². The van der Waals surface area contributed by atoms with Crippen LogP contribution < -0.4 is 16.4 Å². The van der Waals surface area contributed by atoms with Gasteiger partial charge >= 0.3 is 0 Å². The van der Waals surface area contributed by atoms with Crippen LogP contribution in [-0.4, -0.2) is 25.3 Å². The molecule has 0 aromatic rings. The van der Waals surface area contributed by atoms with E-state index in [1.807, 2.05) is 0 Å². The molecule has 1 fully saturated rings. The Morgan fingerprint density at radius 1 is 1.38 bits per heavy atom. The average Bonchev–Trinajstić information content (AvgIpc) is 1.77. The Kier molecular flexibility index (Phi) is 1.83. The lowest BCUT2D eigenvalue weighted by molar-refractivity contribution is 0.384. The monoisotopic (exact) mass is 114 g/mol. The zero-order valence-electron chi connectivity index (χ0n) is 4.85. The lowest BCUT2D eigenvalue weighted by atomic mass is 10.2. The molecule has 0 spiro atoms. The molecule has 47 valence electrons. The molecule has 0 saturated carbocycles. The number of hydrogen-bond donors (Lipinski definition) is 3. The molecule has 0 amide bonds. The van der Waals surface area contributed by atoms with Crippen LogP contribution >= 0.6 is 0 Å². The SMILES string of the molecule is [CH2]C1CNC(N)CN1. The maximum atomic E-state index is 5.50. The highest BCUT2D eigenvalue weighted by Gasteiger charge is 2.11. The second-order valence-corrected chi connectivity index (χ2v) is 2.12. The van der Waals surface area contributed by atoms with Crippen molar-refractivity contribution in [3.8, 4) is 0 Å². The van der Waals surface area contributed by atoms with Gasteiger partial charge in [0, 0.05) is 19.1 Å². The van der Waals surface area contributed by atoms with Crippen LogP contribution in [0, 0.1) is 6.92 Å². The zero-order chi connectivity index (χ0) is 5.98.